The minimum atomic E-state index is -0.413. The number of rotatable bonds is 4. The summed E-state index contributed by atoms with van der Waals surface area (Å²) in [5.74, 6) is -0.0308. The molecular weight excluding hydrogens is 246 g/mol. The van der Waals surface area contributed by atoms with Gasteiger partial charge >= 0.3 is 0 Å². The summed E-state index contributed by atoms with van der Waals surface area (Å²) in [6.07, 6.45) is 0.656. The summed E-state index contributed by atoms with van der Waals surface area (Å²) in [7, 11) is 1.77. The van der Waals surface area contributed by atoms with Gasteiger partial charge in [-0.1, -0.05) is 19.1 Å². The highest BCUT2D eigenvalue weighted by Crippen LogP contribution is 2.22. The number of carbonyl (C=O) groups excluding carboxylic acids is 1. The van der Waals surface area contributed by atoms with Gasteiger partial charge in [-0.3, -0.25) is 4.79 Å². The number of aromatic nitrogens is 1. The summed E-state index contributed by atoms with van der Waals surface area (Å²) in [6, 6.07) is 7.56. The maximum Gasteiger partial charge on any atom is 0.239 e. The smallest absolute Gasteiger partial charge is 0.239 e. The molecule has 0 aliphatic carbocycles. The van der Waals surface area contributed by atoms with Gasteiger partial charge in [-0.05, 0) is 18.6 Å². The predicted molar refractivity (Wildman–Crippen MR) is 74.4 cm³/mol. The zero-order valence-electron chi connectivity index (χ0n) is 10.6. The molecule has 0 aliphatic rings. The van der Waals surface area contributed by atoms with Crippen molar-refractivity contribution < 1.29 is 4.79 Å². The third-order valence-corrected chi connectivity index (χ3v) is 3.87. The monoisotopic (exact) mass is 263 g/mol. The second-order valence-corrected chi connectivity index (χ2v) is 5.40. The summed E-state index contributed by atoms with van der Waals surface area (Å²) in [4.78, 5) is 18.0. The molecule has 0 fully saturated rings. The average molecular weight is 263 g/mol. The quantitative estimate of drug-likeness (QED) is 0.917. The number of likely N-dealkylation sites (N-methyl/N-ethyl adjacent to an activating group) is 1. The Morgan fingerprint density at radius 1 is 1.50 bits per heavy atom. The SMILES string of the molecule is CC[C@H](N)C(=O)N(C)Cc1nc2ccccc2s1. The van der Waals surface area contributed by atoms with Gasteiger partial charge in [-0.25, -0.2) is 4.98 Å². The highest BCUT2D eigenvalue weighted by atomic mass is 32.1. The predicted octanol–water partition coefficient (Wildman–Crippen LogP) is 1.99. The summed E-state index contributed by atoms with van der Waals surface area (Å²) in [5.41, 5.74) is 6.72. The van der Waals surface area contributed by atoms with Crippen molar-refractivity contribution in [2.75, 3.05) is 7.05 Å². The number of nitrogens with zero attached hydrogens (tertiary/aromatic N) is 2. The molecule has 5 heteroatoms. The van der Waals surface area contributed by atoms with Crippen LogP contribution in [-0.2, 0) is 11.3 Å². The number of para-hydroxylation sites is 1. The van der Waals surface area contributed by atoms with Crippen LogP contribution in [0.4, 0.5) is 0 Å². The maximum atomic E-state index is 11.9. The Labute approximate surface area is 110 Å². The topological polar surface area (TPSA) is 59.2 Å². The molecule has 1 atom stereocenters. The molecule has 1 heterocycles. The summed E-state index contributed by atoms with van der Waals surface area (Å²) in [5, 5.41) is 0.940. The lowest BCUT2D eigenvalue weighted by Crippen LogP contribution is -2.40. The van der Waals surface area contributed by atoms with E-state index in [-0.39, 0.29) is 5.91 Å². The molecule has 2 aromatic rings. The van der Waals surface area contributed by atoms with Gasteiger partial charge in [0.1, 0.15) is 5.01 Å². The van der Waals surface area contributed by atoms with E-state index in [1.165, 1.54) is 0 Å². The Morgan fingerprint density at radius 3 is 2.89 bits per heavy atom. The molecule has 1 amide bonds. The van der Waals surface area contributed by atoms with E-state index in [2.05, 4.69) is 4.98 Å². The van der Waals surface area contributed by atoms with Crippen LogP contribution in [0.25, 0.3) is 10.2 Å². The molecule has 1 aromatic heterocycles. The zero-order chi connectivity index (χ0) is 13.1. The van der Waals surface area contributed by atoms with Crippen molar-refractivity contribution in [3.05, 3.63) is 29.3 Å². The fourth-order valence-corrected chi connectivity index (χ4v) is 2.75. The van der Waals surface area contributed by atoms with E-state index in [1.54, 1.807) is 23.3 Å². The summed E-state index contributed by atoms with van der Waals surface area (Å²) < 4.78 is 1.15. The highest BCUT2D eigenvalue weighted by Gasteiger charge is 2.17. The third-order valence-electron chi connectivity index (χ3n) is 2.84. The van der Waals surface area contributed by atoms with Crippen molar-refractivity contribution >= 4 is 27.5 Å². The second kappa shape index (κ2) is 5.46. The Kier molecular flexibility index (Phi) is 3.93. The molecule has 4 nitrogen and oxygen atoms in total. The van der Waals surface area contributed by atoms with Crippen molar-refractivity contribution in [2.45, 2.75) is 25.9 Å². The molecule has 0 radical (unpaired) electrons. The molecule has 0 saturated heterocycles. The number of thiazole rings is 1. The summed E-state index contributed by atoms with van der Waals surface area (Å²) >= 11 is 1.62. The van der Waals surface area contributed by atoms with Gasteiger partial charge in [-0.2, -0.15) is 0 Å². The fourth-order valence-electron chi connectivity index (χ4n) is 1.73. The van der Waals surface area contributed by atoms with Crippen LogP contribution in [-0.4, -0.2) is 28.9 Å². The standard InChI is InChI=1S/C13H17N3OS/c1-3-9(14)13(17)16(2)8-12-15-10-6-4-5-7-11(10)18-12/h4-7,9H,3,8,14H2,1-2H3/t9-/m0/s1. The molecule has 0 saturated carbocycles. The molecule has 2 N–H and O–H groups in total. The van der Waals surface area contributed by atoms with Crippen molar-refractivity contribution in [1.29, 1.82) is 0 Å². The second-order valence-electron chi connectivity index (χ2n) is 4.28. The van der Waals surface area contributed by atoms with E-state index in [9.17, 15) is 4.79 Å². The molecule has 1 aromatic carbocycles. The van der Waals surface area contributed by atoms with Gasteiger partial charge in [0.15, 0.2) is 0 Å². The lowest BCUT2D eigenvalue weighted by molar-refractivity contribution is -0.131. The molecule has 0 unspecified atom stereocenters. The van der Waals surface area contributed by atoms with Crippen LogP contribution >= 0.6 is 11.3 Å². The number of nitrogens with two attached hydrogens (primary N) is 1. The van der Waals surface area contributed by atoms with Gasteiger partial charge in [0, 0.05) is 7.05 Å². The number of carbonyl (C=O) groups is 1. The molecule has 0 aliphatic heterocycles. The molecule has 96 valence electrons. The highest BCUT2D eigenvalue weighted by molar-refractivity contribution is 7.18. The van der Waals surface area contributed by atoms with E-state index >= 15 is 0 Å². The van der Waals surface area contributed by atoms with Gasteiger partial charge in [0.05, 0.1) is 22.8 Å². The number of hydrogen-bond acceptors (Lipinski definition) is 4. The van der Waals surface area contributed by atoms with Crippen molar-refractivity contribution in [3.63, 3.8) is 0 Å². The lowest BCUT2D eigenvalue weighted by Gasteiger charge is -2.19. The molecule has 0 spiro atoms. The van der Waals surface area contributed by atoms with Crippen LogP contribution < -0.4 is 5.73 Å². The molecule has 18 heavy (non-hydrogen) atoms. The molecule has 2 rings (SSSR count). The van der Waals surface area contributed by atoms with Crippen LogP contribution in [0.3, 0.4) is 0 Å². The van der Waals surface area contributed by atoms with Crippen molar-refractivity contribution in [3.8, 4) is 0 Å². The first-order valence-corrected chi connectivity index (χ1v) is 6.78. The maximum absolute atomic E-state index is 11.9. The van der Waals surface area contributed by atoms with Crippen molar-refractivity contribution in [1.82, 2.24) is 9.88 Å². The minimum absolute atomic E-state index is 0.0308. The zero-order valence-corrected chi connectivity index (χ0v) is 11.4. The minimum Gasteiger partial charge on any atom is -0.338 e. The van der Waals surface area contributed by atoms with E-state index in [0.29, 0.717) is 13.0 Å². The fraction of sp³-hybridized carbons (Fsp3) is 0.385. The van der Waals surface area contributed by atoms with Crippen LogP contribution in [0.1, 0.15) is 18.4 Å². The number of benzene rings is 1. The Morgan fingerprint density at radius 2 is 2.22 bits per heavy atom. The first-order chi connectivity index (χ1) is 8.61. The Bertz CT molecular complexity index is 519. The molecule has 0 bridgehead atoms. The van der Waals surface area contributed by atoms with Crippen LogP contribution in [0.5, 0.6) is 0 Å². The first-order valence-electron chi connectivity index (χ1n) is 5.96. The van der Waals surface area contributed by atoms with E-state index in [0.717, 1.165) is 15.2 Å². The third kappa shape index (κ3) is 2.68. The largest absolute Gasteiger partial charge is 0.338 e. The Balaban J connectivity index is 2.11. The number of fused-ring (bicyclic) bond motifs is 1. The average Bonchev–Trinajstić information content (AvgIpc) is 2.78. The Hall–Kier alpha value is -1.46. The van der Waals surface area contributed by atoms with Gasteiger partial charge < -0.3 is 10.6 Å². The van der Waals surface area contributed by atoms with Gasteiger partial charge in [0.2, 0.25) is 5.91 Å². The normalized spacial score (nSPS) is 12.6. The van der Waals surface area contributed by atoms with Crippen LogP contribution in [0, 0.1) is 0 Å². The van der Waals surface area contributed by atoms with E-state index in [4.69, 9.17) is 5.73 Å². The van der Waals surface area contributed by atoms with Crippen LogP contribution in [0.15, 0.2) is 24.3 Å². The van der Waals surface area contributed by atoms with Gasteiger partial charge in [-0.15, -0.1) is 11.3 Å². The number of amides is 1. The molecular formula is C13H17N3OS. The van der Waals surface area contributed by atoms with E-state index < -0.39 is 6.04 Å². The van der Waals surface area contributed by atoms with E-state index in [1.807, 2.05) is 31.2 Å². The lowest BCUT2D eigenvalue weighted by atomic mass is 10.2. The van der Waals surface area contributed by atoms with Crippen molar-refractivity contribution in [2.24, 2.45) is 5.73 Å². The summed E-state index contributed by atoms with van der Waals surface area (Å²) in [6.45, 7) is 2.43. The van der Waals surface area contributed by atoms with Gasteiger partial charge in [0.25, 0.3) is 0 Å². The first kappa shape index (κ1) is 13.0. The number of hydrogen-bond donors (Lipinski definition) is 1. The van der Waals surface area contributed by atoms with Crippen LogP contribution in [0.2, 0.25) is 0 Å².